The third-order valence-electron chi connectivity index (χ3n) is 3.01. The zero-order chi connectivity index (χ0) is 17.2. The van der Waals surface area contributed by atoms with E-state index in [0.29, 0.717) is 21.7 Å². The molecule has 2 aromatic rings. The molecule has 0 aliphatic heterocycles. The van der Waals surface area contributed by atoms with Crippen LogP contribution in [-0.4, -0.2) is 4.92 Å². The largest absolute Gasteiger partial charge is 0.416 e. The molecule has 0 saturated heterocycles. The predicted octanol–water partition coefficient (Wildman–Crippen LogP) is 5.53. The zero-order valence-corrected chi connectivity index (χ0v) is 12.8. The second-order valence-electron chi connectivity index (χ2n) is 4.58. The Kier molecular flexibility index (Phi) is 5.01. The van der Waals surface area contributed by atoms with E-state index >= 15 is 0 Å². The van der Waals surface area contributed by atoms with E-state index in [0.717, 1.165) is 12.1 Å². The number of anilines is 1. The monoisotopic (exact) mass is 364 g/mol. The van der Waals surface area contributed by atoms with E-state index in [2.05, 4.69) is 5.32 Å². The molecule has 0 saturated carbocycles. The van der Waals surface area contributed by atoms with Crippen LogP contribution in [0.3, 0.4) is 0 Å². The van der Waals surface area contributed by atoms with Crippen LogP contribution < -0.4 is 5.32 Å². The average molecular weight is 365 g/mol. The average Bonchev–Trinajstić information content (AvgIpc) is 2.45. The minimum absolute atomic E-state index is 0.0333. The van der Waals surface area contributed by atoms with Crippen molar-refractivity contribution in [1.82, 2.24) is 0 Å². The molecule has 122 valence electrons. The molecule has 4 nitrogen and oxygen atoms in total. The van der Waals surface area contributed by atoms with E-state index in [9.17, 15) is 23.3 Å². The fourth-order valence-electron chi connectivity index (χ4n) is 1.86. The number of nitro benzene ring substituents is 1. The smallest absolute Gasteiger partial charge is 0.375 e. The molecule has 2 aromatic carbocycles. The number of rotatable bonds is 4. The van der Waals surface area contributed by atoms with Crippen LogP contribution in [0.5, 0.6) is 0 Å². The summed E-state index contributed by atoms with van der Waals surface area (Å²) in [7, 11) is 0. The molecule has 0 aromatic heterocycles. The predicted molar refractivity (Wildman–Crippen MR) is 81.9 cm³/mol. The van der Waals surface area contributed by atoms with Gasteiger partial charge in [0.05, 0.1) is 10.5 Å². The van der Waals surface area contributed by atoms with Crippen molar-refractivity contribution in [3.05, 3.63) is 67.7 Å². The Bertz CT molecular complexity index is 751. The first kappa shape index (κ1) is 17.4. The summed E-state index contributed by atoms with van der Waals surface area (Å²) in [4.78, 5) is 10.1. The Balaban J connectivity index is 2.27. The van der Waals surface area contributed by atoms with Gasteiger partial charge in [0.2, 0.25) is 0 Å². The van der Waals surface area contributed by atoms with Gasteiger partial charge in [-0.1, -0.05) is 29.3 Å². The van der Waals surface area contributed by atoms with Gasteiger partial charge in [-0.2, -0.15) is 13.2 Å². The summed E-state index contributed by atoms with van der Waals surface area (Å²) in [6, 6.07) is 7.00. The molecule has 0 aliphatic rings. The van der Waals surface area contributed by atoms with Crippen molar-refractivity contribution >= 4 is 34.6 Å². The molecule has 0 spiro atoms. The van der Waals surface area contributed by atoms with Gasteiger partial charge in [0.15, 0.2) is 0 Å². The van der Waals surface area contributed by atoms with Gasteiger partial charge in [-0.05, 0) is 29.8 Å². The van der Waals surface area contributed by atoms with Crippen molar-refractivity contribution in [3.63, 3.8) is 0 Å². The molecular weight excluding hydrogens is 356 g/mol. The summed E-state index contributed by atoms with van der Waals surface area (Å²) < 4.78 is 37.9. The second kappa shape index (κ2) is 6.64. The van der Waals surface area contributed by atoms with Gasteiger partial charge >= 0.3 is 6.18 Å². The van der Waals surface area contributed by atoms with Gasteiger partial charge in [0.1, 0.15) is 5.69 Å². The Morgan fingerprint density at radius 3 is 2.39 bits per heavy atom. The molecular formula is C14H9Cl2F3N2O2. The third-order valence-corrected chi connectivity index (χ3v) is 3.59. The highest BCUT2D eigenvalue weighted by atomic mass is 35.5. The van der Waals surface area contributed by atoms with Crippen LogP contribution in [0.15, 0.2) is 36.4 Å². The van der Waals surface area contributed by atoms with Gasteiger partial charge in [-0.15, -0.1) is 0 Å². The Hall–Kier alpha value is -1.99. The molecule has 0 atom stereocenters. The van der Waals surface area contributed by atoms with Crippen LogP contribution in [0, 0.1) is 10.1 Å². The van der Waals surface area contributed by atoms with Crippen molar-refractivity contribution in [2.24, 2.45) is 0 Å². The van der Waals surface area contributed by atoms with Crippen LogP contribution in [0.2, 0.25) is 10.0 Å². The number of halogens is 5. The van der Waals surface area contributed by atoms with Gasteiger partial charge < -0.3 is 5.32 Å². The van der Waals surface area contributed by atoms with Crippen LogP contribution >= 0.6 is 23.2 Å². The number of nitrogens with zero attached hydrogens (tertiary/aromatic N) is 1. The van der Waals surface area contributed by atoms with Crippen LogP contribution in [-0.2, 0) is 12.7 Å². The zero-order valence-electron chi connectivity index (χ0n) is 11.3. The fraction of sp³-hybridized carbons (Fsp3) is 0.143. The summed E-state index contributed by atoms with van der Waals surface area (Å²) in [5, 5.41) is 14.5. The third kappa shape index (κ3) is 4.27. The molecule has 9 heteroatoms. The lowest BCUT2D eigenvalue weighted by Gasteiger charge is -2.11. The minimum Gasteiger partial charge on any atom is -0.375 e. The molecule has 0 heterocycles. The summed E-state index contributed by atoms with van der Waals surface area (Å²) >= 11 is 11.7. The molecule has 0 unspecified atom stereocenters. The number of hydrogen-bond donors (Lipinski definition) is 1. The Morgan fingerprint density at radius 2 is 1.83 bits per heavy atom. The maximum absolute atomic E-state index is 12.6. The number of nitro groups is 1. The van der Waals surface area contributed by atoms with Crippen LogP contribution in [0.25, 0.3) is 0 Å². The van der Waals surface area contributed by atoms with E-state index in [4.69, 9.17) is 23.2 Å². The maximum Gasteiger partial charge on any atom is 0.416 e. The standard InChI is InChI=1S/C14H9Cl2F3N2O2/c15-10-3-1-8(11(16)6-10)7-20-12-4-2-9(14(17,18)19)5-13(12)21(22)23/h1-6,20H,7H2. The van der Waals surface area contributed by atoms with Crippen LogP contribution in [0.1, 0.15) is 11.1 Å². The molecule has 0 amide bonds. The lowest BCUT2D eigenvalue weighted by Crippen LogP contribution is -2.08. The fourth-order valence-corrected chi connectivity index (χ4v) is 2.34. The Morgan fingerprint density at radius 1 is 1.13 bits per heavy atom. The highest BCUT2D eigenvalue weighted by Gasteiger charge is 2.33. The van der Waals surface area contributed by atoms with Gasteiger partial charge in [-0.3, -0.25) is 10.1 Å². The van der Waals surface area contributed by atoms with Crippen LogP contribution in [0.4, 0.5) is 24.5 Å². The van der Waals surface area contributed by atoms with Crippen molar-refractivity contribution in [1.29, 1.82) is 0 Å². The first-order valence-corrected chi connectivity index (χ1v) is 6.97. The lowest BCUT2D eigenvalue weighted by molar-refractivity contribution is -0.384. The molecule has 1 N–H and O–H groups in total. The van der Waals surface area contributed by atoms with E-state index < -0.39 is 22.4 Å². The maximum atomic E-state index is 12.6. The number of nitrogens with one attached hydrogen (secondary N) is 1. The van der Waals surface area contributed by atoms with Crippen molar-refractivity contribution < 1.29 is 18.1 Å². The van der Waals surface area contributed by atoms with E-state index in [1.165, 1.54) is 6.07 Å². The SMILES string of the molecule is O=[N+]([O-])c1cc(C(F)(F)F)ccc1NCc1ccc(Cl)cc1Cl. The second-order valence-corrected chi connectivity index (χ2v) is 5.42. The highest BCUT2D eigenvalue weighted by Crippen LogP contribution is 2.35. The number of benzene rings is 2. The number of hydrogen-bond acceptors (Lipinski definition) is 3. The normalized spacial score (nSPS) is 11.3. The van der Waals surface area contributed by atoms with E-state index in [1.54, 1.807) is 12.1 Å². The topological polar surface area (TPSA) is 55.2 Å². The summed E-state index contributed by atoms with van der Waals surface area (Å²) in [6.45, 7) is 0.0994. The summed E-state index contributed by atoms with van der Waals surface area (Å²) in [5.74, 6) is 0. The molecule has 0 bridgehead atoms. The Labute approximate surface area is 139 Å². The lowest BCUT2D eigenvalue weighted by atomic mass is 10.1. The quantitative estimate of drug-likeness (QED) is 0.572. The highest BCUT2D eigenvalue weighted by molar-refractivity contribution is 6.35. The number of alkyl halides is 3. The summed E-state index contributed by atoms with van der Waals surface area (Å²) in [5.41, 5.74) is -1.18. The first-order chi connectivity index (χ1) is 10.7. The van der Waals surface area contributed by atoms with Gasteiger partial charge in [-0.25, -0.2) is 0 Å². The van der Waals surface area contributed by atoms with Gasteiger partial charge in [0, 0.05) is 22.7 Å². The minimum atomic E-state index is -4.65. The van der Waals surface area contributed by atoms with E-state index in [-0.39, 0.29) is 12.2 Å². The van der Waals surface area contributed by atoms with Crippen molar-refractivity contribution in [3.8, 4) is 0 Å². The molecule has 0 aliphatic carbocycles. The van der Waals surface area contributed by atoms with Crippen molar-refractivity contribution in [2.75, 3.05) is 5.32 Å². The molecule has 2 rings (SSSR count). The molecule has 0 fully saturated rings. The van der Waals surface area contributed by atoms with Crippen molar-refractivity contribution in [2.45, 2.75) is 12.7 Å². The first-order valence-electron chi connectivity index (χ1n) is 6.22. The molecule has 23 heavy (non-hydrogen) atoms. The van der Waals surface area contributed by atoms with E-state index in [1.807, 2.05) is 0 Å². The van der Waals surface area contributed by atoms with Gasteiger partial charge in [0.25, 0.3) is 5.69 Å². The molecule has 0 radical (unpaired) electrons. The summed E-state index contributed by atoms with van der Waals surface area (Å²) in [6.07, 6.45) is -4.65.